The molecule has 1 fully saturated rings. The molecule has 1 aromatic carbocycles. The van der Waals surface area contributed by atoms with Crippen LogP contribution in [0.4, 0.5) is 10.5 Å². The van der Waals surface area contributed by atoms with Crippen LogP contribution in [0, 0.1) is 16.0 Å². The van der Waals surface area contributed by atoms with Crippen molar-refractivity contribution in [2.24, 2.45) is 5.92 Å². The van der Waals surface area contributed by atoms with Crippen molar-refractivity contribution in [2.75, 3.05) is 0 Å². The van der Waals surface area contributed by atoms with Gasteiger partial charge >= 0.3 is 12.0 Å². The molecule has 0 saturated heterocycles. The van der Waals surface area contributed by atoms with E-state index in [0.29, 0.717) is 11.6 Å². The second kappa shape index (κ2) is 7.87. The van der Waals surface area contributed by atoms with Gasteiger partial charge in [-0.05, 0) is 49.8 Å². The SMILES string of the molecule is CC1=C(C(=O)OC2CCC(C)CC2)[C@H](c2ccc([O-])c([N+](=O)[O-])c2)NC(=O)N1. The zero-order chi connectivity index (χ0) is 20.4. The minimum atomic E-state index is -0.942. The summed E-state index contributed by atoms with van der Waals surface area (Å²) in [4.78, 5) is 35.1. The fourth-order valence-electron chi connectivity index (χ4n) is 3.63. The fourth-order valence-corrected chi connectivity index (χ4v) is 3.63. The molecular weight excluding hydrogens is 366 g/mol. The number of nitro groups is 1. The van der Waals surface area contributed by atoms with Gasteiger partial charge in [0.2, 0.25) is 0 Å². The molecule has 2 amide bonds. The lowest BCUT2D eigenvalue weighted by molar-refractivity contribution is -0.398. The number of benzene rings is 1. The Kier molecular flexibility index (Phi) is 5.53. The Bertz CT molecular complexity index is 842. The van der Waals surface area contributed by atoms with Gasteiger partial charge in [0.25, 0.3) is 5.69 Å². The lowest BCUT2D eigenvalue weighted by Gasteiger charge is -2.31. The molecule has 1 heterocycles. The van der Waals surface area contributed by atoms with Crippen LogP contribution in [0.3, 0.4) is 0 Å². The topological polar surface area (TPSA) is 134 Å². The zero-order valence-corrected chi connectivity index (χ0v) is 15.7. The highest BCUT2D eigenvalue weighted by Crippen LogP contribution is 2.34. The van der Waals surface area contributed by atoms with Gasteiger partial charge in [0.15, 0.2) is 0 Å². The number of allylic oxidation sites excluding steroid dienone is 1. The Balaban J connectivity index is 1.89. The first kappa shape index (κ1) is 19.7. The van der Waals surface area contributed by atoms with E-state index in [2.05, 4.69) is 17.6 Å². The van der Waals surface area contributed by atoms with E-state index in [1.165, 1.54) is 6.07 Å². The smallest absolute Gasteiger partial charge is 0.338 e. The number of amides is 2. The highest BCUT2D eigenvalue weighted by molar-refractivity contribution is 5.95. The van der Waals surface area contributed by atoms with Crippen LogP contribution in [-0.4, -0.2) is 23.0 Å². The van der Waals surface area contributed by atoms with Crippen molar-refractivity contribution >= 4 is 17.7 Å². The van der Waals surface area contributed by atoms with Crippen molar-refractivity contribution in [1.29, 1.82) is 0 Å². The van der Waals surface area contributed by atoms with Crippen LogP contribution >= 0.6 is 0 Å². The van der Waals surface area contributed by atoms with E-state index in [1.807, 2.05) is 0 Å². The van der Waals surface area contributed by atoms with Crippen molar-refractivity contribution in [3.63, 3.8) is 0 Å². The number of carbonyl (C=O) groups is 2. The lowest BCUT2D eigenvalue weighted by atomic mass is 9.88. The van der Waals surface area contributed by atoms with Crippen LogP contribution in [0.5, 0.6) is 5.75 Å². The molecule has 2 N–H and O–H groups in total. The number of nitro benzene ring substituents is 1. The maximum Gasteiger partial charge on any atom is 0.338 e. The predicted molar refractivity (Wildman–Crippen MR) is 97.2 cm³/mol. The summed E-state index contributed by atoms with van der Waals surface area (Å²) < 4.78 is 5.65. The van der Waals surface area contributed by atoms with Gasteiger partial charge < -0.3 is 20.5 Å². The first-order valence-electron chi connectivity index (χ1n) is 9.21. The van der Waals surface area contributed by atoms with Crippen LogP contribution in [0.2, 0.25) is 0 Å². The van der Waals surface area contributed by atoms with Crippen LogP contribution in [0.25, 0.3) is 0 Å². The quantitative estimate of drug-likeness (QED) is 0.462. The first-order chi connectivity index (χ1) is 13.3. The highest BCUT2D eigenvalue weighted by Gasteiger charge is 2.34. The summed E-state index contributed by atoms with van der Waals surface area (Å²) in [6.07, 6.45) is 3.32. The maximum absolute atomic E-state index is 12.9. The lowest BCUT2D eigenvalue weighted by Crippen LogP contribution is -2.45. The third-order valence-electron chi connectivity index (χ3n) is 5.24. The molecule has 150 valence electrons. The Labute approximate surface area is 161 Å². The number of nitrogens with zero attached hydrogens (tertiary/aromatic N) is 1. The molecule has 3 rings (SSSR count). The molecule has 0 bridgehead atoms. The standard InChI is InChI=1S/C19H23N3O6/c1-10-3-6-13(7-4-10)28-18(24)16-11(2)20-19(25)21-17(16)12-5-8-15(23)14(9-12)22(26)27/h5,8-10,13,17,23H,3-4,6-7H2,1-2H3,(H2,20,21,25)/p-1/t10?,13?,17-/m0/s1. The van der Waals surface area contributed by atoms with Crippen molar-refractivity contribution in [3.05, 3.63) is 45.1 Å². The van der Waals surface area contributed by atoms with E-state index < -0.39 is 34.4 Å². The van der Waals surface area contributed by atoms with E-state index in [9.17, 15) is 24.8 Å². The molecular formula is C19H22N3O6-. The summed E-state index contributed by atoms with van der Waals surface area (Å²) in [6.45, 7) is 3.73. The summed E-state index contributed by atoms with van der Waals surface area (Å²) in [5.41, 5.74) is 0.143. The van der Waals surface area contributed by atoms with E-state index >= 15 is 0 Å². The summed E-state index contributed by atoms with van der Waals surface area (Å²) in [5.74, 6) is -0.719. The predicted octanol–water partition coefficient (Wildman–Crippen LogP) is 2.42. The molecule has 0 spiro atoms. The first-order valence-corrected chi connectivity index (χ1v) is 9.21. The molecule has 1 saturated carbocycles. The molecule has 1 aromatic rings. The number of esters is 1. The van der Waals surface area contributed by atoms with Crippen molar-refractivity contribution in [1.82, 2.24) is 10.6 Å². The summed E-state index contributed by atoms with van der Waals surface area (Å²) in [6, 6.07) is 2.03. The van der Waals surface area contributed by atoms with Gasteiger partial charge in [-0.1, -0.05) is 19.1 Å². The van der Waals surface area contributed by atoms with Gasteiger partial charge in [-0.15, -0.1) is 0 Å². The molecule has 9 heteroatoms. The van der Waals surface area contributed by atoms with Gasteiger partial charge in [-0.3, -0.25) is 10.1 Å². The summed E-state index contributed by atoms with van der Waals surface area (Å²) >= 11 is 0. The van der Waals surface area contributed by atoms with Crippen molar-refractivity contribution in [2.45, 2.75) is 51.7 Å². The third-order valence-corrected chi connectivity index (χ3v) is 5.24. The molecule has 2 aliphatic rings. The van der Waals surface area contributed by atoms with Gasteiger partial charge in [-0.25, -0.2) is 9.59 Å². The van der Waals surface area contributed by atoms with Crippen LogP contribution in [-0.2, 0) is 9.53 Å². The van der Waals surface area contributed by atoms with Crippen LogP contribution in [0.1, 0.15) is 51.1 Å². The molecule has 1 atom stereocenters. The zero-order valence-electron chi connectivity index (χ0n) is 15.7. The summed E-state index contributed by atoms with van der Waals surface area (Å²) in [7, 11) is 0. The minimum absolute atomic E-state index is 0.172. The van der Waals surface area contributed by atoms with Crippen LogP contribution in [0.15, 0.2) is 29.5 Å². The van der Waals surface area contributed by atoms with Gasteiger partial charge in [0.05, 0.1) is 16.5 Å². The van der Waals surface area contributed by atoms with Crippen molar-refractivity contribution < 1.29 is 24.4 Å². The molecule has 28 heavy (non-hydrogen) atoms. The number of rotatable bonds is 4. The normalized spacial score (nSPS) is 24.9. The third kappa shape index (κ3) is 4.08. The number of nitrogens with one attached hydrogen (secondary N) is 2. The Hall–Kier alpha value is -3.10. The molecule has 0 radical (unpaired) electrons. The van der Waals surface area contributed by atoms with E-state index in [1.54, 1.807) is 6.92 Å². The fraction of sp³-hybridized carbons (Fsp3) is 0.474. The average molecular weight is 388 g/mol. The maximum atomic E-state index is 12.9. The molecule has 0 unspecified atom stereocenters. The van der Waals surface area contributed by atoms with Crippen LogP contribution < -0.4 is 15.7 Å². The number of hydrogen-bond acceptors (Lipinski definition) is 6. The largest absolute Gasteiger partial charge is 0.868 e. The van der Waals surface area contributed by atoms with Gasteiger partial charge in [-0.2, -0.15) is 0 Å². The Morgan fingerprint density at radius 2 is 1.93 bits per heavy atom. The van der Waals surface area contributed by atoms with E-state index in [4.69, 9.17) is 4.74 Å². The van der Waals surface area contributed by atoms with E-state index in [-0.39, 0.29) is 17.2 Å². The summed E-state index contributed by atoms with van der Waals surface area (Å²) in [5, 5.41) is 27.9. The second-order valence-corrected chi connectivity index (χ2v) is 7.34. The second-order valence-electron chi connectivity index (χ2n) is 7.34. The molecule has 0 aromatic heterocycles. The highest BCUT2D eigenvalue weighted by atomic mass is 16.6. The molecule has 1 aliphatic heterocycles. The number of hydrogen-bond donors (Lipinski definition) is 2. The monoisotopic (exact) mass is 388 g/mol. The van der Waals surface area contributed by atoms with Gasteiger partial charge in [0, 0.05) is 11.8 Å². The van der Waals surface area contributed by atoms with Gasteiger partial charge in [0.1, 0.15) is 6.10 Å². The Morgan fingerprint density at radius 3 is 2.57 bits per heavy atom. The number of ether oxygens (including phenoxy) is 1. The minimum Gasteiger partial charge on any atom is -0.868 e. The number of carbonyl (C=O) groups excluding carboxylic acids is 2. The number of urea groups is 1. The van der Waals surface area contributed by atoms with Crippen molar-refractivity contribution in [3.8, 4) is 5.75 Å². The average Bonchev–Trinajstić information content (AvgIpc) is 2.63. The van der Waals surface area contributed by atoms with E-state index in [0.717, 1.165) is 37.8 Å². The Morgan fingerprint density at radius 1 is 1.25 bits per heavy atom. The molecule has 1 aliphatic carbocycles. The molecule has 9 nitrogen and oxygen atoms in total.